The molecule has 0 saturated heterocycles. The molecular weight excluding hydrogens is 418 g/mol. The Morgan fingerprint density at radius 1 is 1.00 bits per heavy atom. The Kier molecular flexibility index (Phi) is 5.43. The Morgan fingerprint density at radius 3 is 2.15 bits per heavy atom. The second-order valence-corrected chi connectivity index (χ2v) is 7.44. The molecule has 132 valence electrons. The highest BCUT2D eigenvalue weighted by Gasteiger charge is 2.11. The van der Waals surface area contributed by atoms with E-state index in [1.54, 1.807) is 18.7 Å². The maximum absolute atomic E-state index is 11.9. The van der Waals surface area contributed by atoms with Crippen LogP contribution in [0.2, 0.25) is 0 Å². The second-order valence-electron chi connectivity index (χ2n) is 5.38. The number of halogens is 1. The van der Waals surface area contributed by atoms with Gasteiger partial charge in [-0.15, -0.1) is 0 Å². The maximum Gasteiger partial charge on any atom is 0.328 e. The summed E-state index contributed by atoms with van der Waals surface area (Å²) in [6.45, 7) is 1.59. The van der Waals surface area contributed by atoms with Crippen molar-refractivity contribution in [2.45, 2.75) is 16.7 Å². The minimum atomic E-state index is -0.765. The van der Waals surface area contributed by atoms with E-state index in [-0.39, 0.29) is 5.56 Å². The van der Waals surface area contributed by atoms with Crippen molar-refractivity contribution in [3.63, 3.8) is 0 Å². The Labute approximate surface area is 161 Å². The molecule has 3 N–H and O–H groups in total. The molecule has 0 amide bonds. The zero-order chi connectivity index (χ0) is 18.7. The van der Waals surface area contributed by atoms with Gasteiger partial charge in [0.25, 0.3) is 5.56 Å². The molecule has 8 heteroatoms. The Balaban J connectivity index is 1.82. The number of hydrogen-bond donors (Lipinski definition) is 3. The predicted octanol–water partition coefficient (Wildman–Crippen LogP) is 3.82. The average molecular weight is 432 g/mol. The molecule has 0 spiro atoms. The van der Waals surface area contributed by atoms with E-state index >= 15 is 0 Å². The number of aromatic nitrogens is 2. The largest absolute Gasteiger partial charge is 0.494 e. The summed E-state index contributed by atoms with van der Waals surface area (Å²) in [6.07, 6.45) is 0. The molecule has 26 heavy (non-hydrogen) atoms. The quantitative estimate of drug-likeness (QED) is 0.546. The van der Waals surface area contributed by atoms with Gasteiger partial charge in [0.2, 0.25) is 5.88 Å². The molecule has 3 rings (SSSR count). The highest BCUT2D eigenvalue weighted by molar-refractivity contribution is 9.10. The molecule has 0 bridgehead atoms. The number of nitrogens with zero attached hydrogens (tertiary/aromatic N) is 1. The summed E-state index contributed by atoms with van der Waals surface area (Å²) in [7, 11) is 0. The van der Waals surface area contributed by atoms with Crippen LogP contribution in [0.15, 0.2) is 77.4 Å². The number of aliphatic imine (C=N–C) groups is 1. The van der Waals surface area contributed by atoms with Crippen molar-refractivity contribution in [3.05, 3.63) is 79.4 Å². The van der Waals surface area contributed by atoms with Gasteiger partial charge in [0.1, 0.15) is 5.56 Å². The number of hydrogen-bond acceptors (Lipinski definition) is 5. The normalized spacial score (nSPS) is 11.5. The fourth-order valence-electron chi connectivity index (χ4n) is 2.29. The van der Waals surface area contributed by atoms with Crippen LogP contribution in [0.4, 0.5) is 5.69 Å². The molecule has 0 unspecified atom stereocenters. The van der Waals surface area contributed by atoms with E-state index in [4.69, 9.17) is 0 Å². The molecule has 0 atom stereocenters. The van der Waals surface area contributed by atoms with Crippen LogP contribution in [-0.4, -0.2) is 20.8 Å². The molecule has 1 aromatic heterocycles. The van der Waals surface area contributed by atoms with Crippen molar-refractivity contribution < 1.29 is 5.11 Å². The molecule has 0 fully saturated rings. The maximum atomic E-state index is 11.9. The van der Waals surface area contributed by atoms with E-state index in [0.717, 1.165) is 14.3 Å². The summed E-state index contributed by atoms with van der Waals surface area (Å²) in [6, 6.07) is 15.5. The van der Waals surface area contributed by atoms with Gasteiger partial charge in [-0.05, 0) is 55.5 Å². The van der Waals surface area contributed by atoms with Gasteiger partial charge < -0.3 is 5.11 Å². The number of H-pyrrole nitrogens is 2. The number of aromatic hydroxyl groups is 1. The summed E-state index contributed by atoms with van der Waals surface area (Å²) >= 11 is 5.03. The van der Waals surface area contributed by atoms with Gasteiger partial charge in [-0.1, -0.05) is 27.7 Å². The average Bonchev–Trinajstić information content (AvgIpc) is 2.58. The number of aromatic amines is 2. The van der Waals surface area contributed by atoms with Gasteiger partial charge in [0, 0.05) is 14.3 Å². The standard InChI is InChI=1S/C18H14BrN3O3S/c1-10(15-16(23)21-18(25)22-17(15)24)20-12-4-8-14(9-5-12)26-13-6-2-11(19)3-7-13/h2-9H,1H3,(H3,21,22,23,24,25). The van der Waals surface area contributed by atoms with Crippen LogP contribution in [0.5, 0.6) is 5.88 Å². The van der Waals surface area contributed by atoms with E-state index in [9.17, 15) is 14.7 Å². The van der Waals surface area contributed by atoms with Crippen LogP contribution in [0.25, 0.3) is 0 Å². The summed E-state index contributed by atoms with van der Waals surface area (Å²) in [5.74, 6) is -0.498. The van der Waals surface area contributed by atoms with Crippen LogP contribution in [0.3, 0.4) is 0 Å². The summed E-state index contributed by atoms with van der Waals surface area (Å²) < 4.78 is 1.03. The van der Waals surface area contributed by atoms with Crippen LogP contribution in [-0.2, 0) is 0 Å². The van der Waals surface area contributed by atoms with E-state index < -0.39 is 17.1 Å². The fraction of sp³-hybridized carbons (Fsp3) is 0.0556. The third kappa shape index (κ3) is 4.33. The molecule has 0 aliphatic heterocycles. The third-order valence-electron chi connectivity index (χ3n) is 3.47. The Morgan fingerprint density at radius 2 is 1.58 bits per heavy atom. The van der Waals surface area contributed by atoms with Gasteiger partial charge in [-0.2, -0.15) is 0 Å². The molecule has 6 nitrogen and oxygen atoms in total. The molecular formula is C18H14BrN3O3S. The second kappa shape index (κ2) is 7.76. The molecule has 0 aliphatic rings. The van der Waals surface area contributed by atoms with Gasteiger partial charge in [0.05, 0.1) is 11.4 Å². The van der Waals surface area contributed by atoms with Crippen molar-refractivity contribution in [2.75, 3.05) is 0 Å². The van der Waals surface area contributed by atoms with Crippen LogP contribution >= 0.6 is 27.7 Å². The third-order valence-corrected chi connectivity index (χ3v) is 5.01. The number of rotatable bonds is 4. The first kappa shape index (κ1) is 18.2. The topological polar surface area (TPSA) is 98.3 Å². The first-order chi connectivity index (χ1) is 12.4. The van der Waals surface area contributed by atoms with Gasteiger partial charge in [-0.25, -0.2) is 4.79 Å². The van der Waals surface area contributed by atoms with E-state index in [1.807, 2.05) is 48.5 Å². The van der Waals surface area contributed by atoms with Gasteiger partial charge >= 0.3 is 5.69 Å². The zero-order valence-corrected chi connectivity index (χ0v) is 16.0. The highest BCUT2D eigenvalue weighted by atomic mass is 79.9. The van der Waals surface area contributed by atoms with Crippen molar-refractivity contribution >= 4 is 39.1 Å². The van der Waals surface area contributed by atoms with Gasteiger partial charge in [0.15, 0.2) is 0 Å². The van der Waals surface area contributed by atoms with E-state index in [0.29, 0.717) is 11.4 Å². The lowest BCUT2D eigenvalue weighted by molar-refractivity contribution is 0.447. The summed E-state index contributed by atoms with van der Waals surface area (Å²) in [4.78, 5) is 33.7. The minimum Gasteiger partial charge on any atom is -0.494 e. The minimum absolute atomic E-state index is 0.0575. The lowest BCUT2D eigenvalue weighted by Crippen LogP contribution is -2.27. The van der Waals surface area contributed by atoms with Crippen molar-refractivity contribution in [1.82, 2.24) is 9.97 Å². The Hall–Kier alpha value is -2.58. The van der Waals surface area contributed by atoms with Crippen molar-refractivity contribution in [3.8, 4) is 5.88 Å². The zero-order valence-electron chi connectivity index (χ0n) is 13.6. The van der Waals surface area contributed by atoms with Crippen LogP contribution in [0.1, 0.15) is 12.5 Å². The molecule has 2 aromatic carbocycles. The summed E-state index contributed by atoms with van der Waals surface area (Å²) in [5, 5.41) is 9.79. The highest BCUT2D eigenvalue weighted by Crippen LogP contribution is 2.30. The van der Waals surface area contributed by atoms with Gasteiger partial charge in [-0.3, -0.25) is 19.8 Å². The molecule has 0 saturated carbocycles. The van der Waals surface area contributed by atoms with Crippen LogP contribution < -0.4 is 11.2 Å². The molecule has 0 radical (unpaired) electrons. The fourth-order valence-corrected chi connectivity index (χ4v) is 3.37. The van der Waals surface area contributed by atoms with E-state index in [2.05, 4.69) is 30.9 Å². The monoisotopic (exact) mass is 431 g/mol. The summed E-state index contributed by atoms with van der Waals surface area (Å²) in [5.41, 5.74) is -0.577. The lowest BCUT2D eigenvalue weighted by atomic mass is 10.2. The molecule has 0 aliphatic carbocycles. The van der Waals surface area contributed by atoms with E-state index in [1.165, 1.54) is 0 Å². The predicted molar refractivity (Wildman–Crippen MR) is 106 cm³/mol. The Bertz CT molecular complexity index is 1070. The number of benzene rings is 2. The first-order valence-corrected chi connectivity index (χ1v) is 9.18. The lowest BCUT2D eigenvalue weighted by Gasteiger charge is -2.04. The molecule has 1 heterocycles. The molecule has 3 aromatic rings. The smallest absolute Gasteiger partial charge is 0.328 e. The SMILES string of the molecule is CC(=Nc1ccc(Sc2ccc(Br)cc2)cc1)c1c(O)[nH]c(=O)[nH]c1=O. The van der Waals surface area contributed by atoms with Crippen molar-refractivity contribution in [2.24, 2.45) is 4.99 Å². The number of nitrogens with one attached hydrogen (secondary N) is 2. The first-order valence-electron chi connectivity index (χ1n) is 7.57. The van der Waals surface area contributed by atoms with Crippen LogP contribution in [0, 0.1) is 0 Å². The van der Waals surface area contributed by atoms with Crippen molar-refractivity contribution in [1.29, 1.82) is 0 Å².